The van der Waals surface area contributed by atoms with E-state index in [1.54, 1.807) is 28.8 Å². The van der Waals surface area contributed by atoms with E-state index in [-0.39, 0.29) is 5.56 Å². The summed E-state index contributed by atoms with van der Waals surface area (Å²) >= 11 is 1.31. The van der Waals surface area contributed by atoms with Crippen molar-refractivity contribution in [1.82, 2.24) is 4.57 Å². The number of Topliss-reactive ketones (excluding diaryl/α,β-unsaturated/α-hetero) is 1. The Morgan fingerprint density at radius 3 is 2.72 bits per heavy atom. The van der Waals surface area contributed by atoms with Crippen LogP contribution in [0.3, 0.4) is 0 Å². The van der Waals surface area contributed by atoms with E-state index in [4.69, 9.17) is 0 Å². The van der Waals surface area contributed by atoms with Crippen molar-refractivity contribution in [3.63, 3.8) is 0 Å². The maximum atomic E-state index is 12.6. The van der Waals surface area contributed by atoms with E-state index in [1.165, 1.54) is 11.8 Å². The molecule has 1 aliphatic heterocycles. The largest absolute Gasteiger partial charge is 0.454 e. The molecule has 0 saturated heterocycles. The predicted octanol–water partition coefficient (Wildman–Crippen LogP) is 3.49. The van der Waals surface area contributed by atoms with Gasteiger partial charge in [0.15, 0.2) is 0 Å². The molecule has 3 rings (SSSR count). The van der Waals surface area contributed by atoms with Crippen molar-refractivity contribution in [3.8, 4) is 0 Å². The Balaban J connectivity index is 2.32. The quantitative estimate of drug-likeness (QED) is 0.741. The van der Waals surface area contributed by atoms with Gasteiger partial charge in [0.25, 0.3) is 5.78 Å². The predicted molar refractivity (Wildman–Crippen MR) is 63.0 cm³/mol. The second-order valence-electron chi connectivity index (χ2n) is 4.02. The van der Waals surface area contributed by atoms with E-state index < -0.39 is 12.0 Å². The number of carbonyl (C=O) groups excluding carboxylic acids is 1. The van der Waals surface area contributed by atoms with E-state index in [9.17, 15) is 18.0 Å². The molecule has 0 saturated carbocycles. The smallest absolute Gasteiger partial charge is 0.334 e. The number of aryl methyl sites for hydroxylation is 1. The number of ketones is 1. The minimum Gasteiger partial charge on any atom is -0.334 e. The molecule has 1 aliphatic rings. The van der Waals surface area contributed by atoms with E-state index in [0.29, 0.717) is 28.2 Å². The molecule has 0 radical (unpaired) electrons. The van der Waals surface area contributed by atoms with Gasteiger partial charge >= 0.3 is 6.18 Å². The molecule has 0 fully saturated rings. The summed E-state index contributed by atoms with van der Waals surface area (Å²) in [5.74, 6) is -1.04. The molecule has 2 nitrogen and oxygen atoms in total. The number of hydrogen-bond donors (Lipinski definition) is 0. The Labute approximate surface area is 105 Å². The highest BCUT2D eigenvalue weighted by Crippen LogP contribution is 2.40. The van der Waals surface area contributed by atoms with Crippen LogP contribution in [0.5, 0.6) is 0 Å². The summed E-state index contributed by atoms with van der Waals surface area (Å²) in [6.45, 7) is 0.644. The molecule has 1 aromatic carbocycles. The molecular formula is C12H8F3NOS. The van der Waals surface area contributed by atoms with Crippen LogP contribution in [-0.4, -0.2) is 22.3 Å². The number of benzene rings is 1. The van der Waals surface area contributed by atoms with Gasteiger partial charge in [0.05, 0.1) is 10.6 Å². The number of fused-ring (bicyclic) bond motifs is 3. The van der Waals surface area contributed by atoms with Crippen LogP contribution < -0.4 is 0 Å². The third-order valence-electron chi connectivity index (χ3n) is 2.96. The Hall–Kier alpha value is -1.43. The van der Waals surface area contributed by atoms with Gasteiger partial charge in [-0.05, 0) is 6.07 Å². The molecule has 0 aliphatic carbocycles. The molecule has 1 aromatic heterocycles. The zero-order valence-electron chi connectivity index (χ0n) is 9.12. The van der Waals surface area contributed by atoms with E-state index in [1.807, 2.05) is 0 Å². The summed E-state index contributed by atoms with van der Waals surface area (Å²) < 4.78 is 39.7. The van der Waals surface area contributed by atoms with Crippen LogP contribution in [0.4, 0.5) is 13.2 Å². The summed E-state index contributed by atoms with van der Waals surface area (Å²) in [5, 5.41) is 0.834. The normalized spacial score (nSPS) is 15.1. The number of hydrogen-bond acceptors (Lipinski definition) is 2. The van der Waals surface area contributed by atoms with Crippen molar-refractivity contribution in [2.75, 3.05) is 5.75 Å². The molecule has 0 unspecified atom stereocenters. The van der Waals surface area contributed by atoms with E-state index in [0.717, 1.165) is 0 Å². The summed E-state index contributed by atoms with van der Waals surface area (Å²) in [6, 6.07) is 6.73. The van der Waals surface area contributed by atoms with Crippen molar-refractivity contribution < 1.29 is 18.0 Å². The number of alkyl halides is 3. The Morgan fingerprint density at radius 2 is 2.00 bits per heavy atom. The van der Waals surface area contributed by atoms with Crippen molar-refractivity contribution in [2.24, 2.45) is 0 Å². The molecular weight excluding hydrogens is 263 g/mol. The van der Waals surface area contributed by atoms with Crippen LogP contribution in [-0.2, 0) is 6.54 Å². The fraction of sp³-hybridized carbons (Fsp3) is 0.250. The van der Waals surface area contributed by atoms with Gasteiger partial charge in [0.2, 0.25) is 0 Å². The monoisotopic (exact) mass is 271 g/mol. The molecule has 94 valence electrons. The Morgan fingerprint density at radius 1 is 1.28 bits per heavy atom. The van der Waals surface area contributed by atoms with Gasteiger partial charge in [-0.15, -0.1) is 11.8 Å². The van der Waals surface area contributed by atoms with Crippen molar-refractivity contribution in [1.29, 1.82) is 0 Å². The molecule has 0 atom stereocenters. The van der Waals surface area contributed by atoms with Gasteiger partial charge in [0, 0.05) is 23.2 Å². The van der Waals surface area contributed by atoms with Crippen LogP contribution in [0.25, 0.3) is 10.9 Å². The van der Waals surface area contributed by atoms with Crippen LogP contribution >= 0.6 is 11.8 Å². The lowest BCUT2D eigenvalue weighted by atomic mass is 10.1. The zero-order chi connectivity index (χ0) is 12.9. The van der Waals surface area contributed by atoms with Gasteiger partial charge < -0.3 is 4.57 Å². The lowest BCUT2D eigenvalue weighted by molar-refractivity contribution is -0.0886. The van der Waals surface area contributed by atoms with Gasteiger partial charge in [0.1, 0.15) is 0 Å². The van der Waals surface area contributed by atoms with Gasteiger partial charge in [-0.25, -0.2) is 0 Å². The fourth-order valence-corrected chi connectivity index (χ4v) is 3.41. The van der Waals surface area contributed by atoms with E-state index >= 15 is 0 Å². The van der Waals surface area contributed by atoms with Gasteiger partial charge in [-0.1, -0.05) is 18.2 Å². The Kier molecular flexibility index (Phi) is 2.45. The van der Waals surface area contributed by atoms with Crippen LogP contribution in [0, 0.1) is 0 Å². The maximum absolute atomic E-state index is 12.6. The first kappa shape index (κ1) is 11.6. The first-order valence-corrected chi connectivity index (χ1v) is 6.34. The van der Waals surface area contributed by atoms with Crippen LogP contribution in [0.15, 0.2) is 29.3 Å². The second kappa shape index (κ2) is 3.78. The number of halogens is 3. The Bertz CT molecular complexity index is 645. The first-order valence-electron chi connectivity index (χ1n) is 5.35. The molecule has 18 heavy (non-hydrogen) atoms. The fourth-order valence-electron chi connectivity index (χ4n) is 2.25. The zero-order valence-corrected chi connectivity index (χ0v) is 9.94. The van der Waals surface area contributed by atoms with Crippen LogP contribution in [0.2, 0.25) is 0 Å². The molecule has 0 amide bonds. The summed E-state index contributed by atoms with van der Waals surface area (Å²) in [6.07, 6.45) is -4.82. The lowest BCUT2D eigenvalue weighted by Gasteiger charge is -2.05. The summed E-state index contributed by atoms with van der Waals surface area (Å²) in [7, 11) is 0. The molecule has 0 bridgehead atoms. The molecule has 2 aromatic rings. The first-order chi connectivity index (χ1) is 8.50. The highest BCUT2D eigenvalue weighted by atomic mass is 32.2. The number of nitrogens with zero attached hydrogens (tertiary/aromatic N) is 1. The van der Waals surface area contributed by atoms with Crippen LogP contribution in [0.1, 0.15) is 10.4 Å². The standard InChI is InChI=1S/C12H8F3NOS/c13-12(14,15)10(17)9-7-3-1-2-4-8(7)16-5-6-18-11(9)16/h1-4H,5-6H2. The maximum Gasteiger partial charge on any atom is 0.454 e. The third-order valence-corrected chi connectivity index (χ3v) is 4.05. The highest BCUT2D eigenvalue weighted by molar-refractivity contribution is 7.99. The minimum atomic E-state index is -4.82. The van der Waals surface area contributed by atoms with Crippen molar-refractivity contribution >= 4 is 28.4 Å². The van der Waals surface area contributed by atoms with E-state index in [2.05, 4.69) is 0 Å². The molecule has 0 N–H and O–H groups in total. The average molecular weight is 271 g/mol. The van der Waals surface area contributed by atoms with Gasteiger partial charge in [-0.2, -0.15) is 13.2 Å². The molecule has 0 spiro atoms. The van der Waals surface area contributed by atoms with Gasteiger partial charge in [-0.3, -0.25) is 4.79 Å². The van der Waals surface area contributed by atoms with Crippen molar-refractivity contribution in [2.45, 2.75) is 17.7 Å². The minimum absolute atomic E-state index is 0.194. The molecule has 2 heterocycles. The average Bonchev–Trinajstić information content (AvgIpc) is 2.86. The SMILES string of the molecule is O=C(c1c2n(c3ccccc13)CCS2)C(F)(F)F. The summed E-state index contributed by atoms with van der Waals surface area (Å²) in [5.41, 5.74) is 0.505. The highest BCUT2D eigenvalue weighted by Gasteiger charge is 2.43. The second-order valence-corrected chi connectivity index (χ2v) is 5.11. The topological polar surface area (TPSA) is 22.0 Å². The third kappa shape index (κ3) is 1.55. The molecule has 6 heteroatoms. The summed E-state index contributed by atoms with van der Waals surface area (Å²) in [4.78, 5) is 11.5. The lowest BCUT2D eigenvalue weighted by Crippen LogP contribution is -2.23. The number of para-hydroxylation sites is 1. The van der Waals surface area contributed by atoms with Crippen molar-refractivity contribution in [3.05, 3.63) is 29.8 Å². The number of carbonyl (C=O) groups is 1. The number of rotatable bonds is 1. The number of thioether (sulfide) groups is 1. The number of aromatic nitrogens is 1.